The van der Waals surface area contributed by atoms with Crippen LogP contribution in [0.25, 0.3) is 0 Å². The Balaban J connectivity index is 2.50. The van der Waals surface area contributed by atoms with Crippen molar-refractivity contribution in [3.63, 3.8) is 0 Å². The summed E-state index contributed by atoms with van der Waals surface area (Å²) in [5, 5.41) is 0. The van der Waals surface area contributed by atoms with Gasteiger partial charge in [-0.25, -0.2) is 4.79 Å². The lowest BCUT2D eigenvalue weighted by molar-refractivity contribution is -0.166. The first-order chi connectivity index (χ1) is 14.7. The highest BCUT2D eigenvalue weighted by atomic mass is 16.7. The van der Waals surface area contributed by atoms with Crippen molar-refractivity contribution in [2.24, 2.45) is 0 Å². The molecule has 1 aliphatic rings. The number of hydrogen-bond acceptors (Lipinski definition) is 10. The highest BCUT2D eigenvalue weighted by Crippen LogP contribution is 2.34. The highest BCUT2D eigenvalue weighted by Gasteiger charge is 2.51. The Bertz CT molecular complexity index is 948. The number of esters is 3. The number of ether oxygens (including phenoxy) is 4. The molecule has 150 valence electrons. The van der Waals surface area contributed by atoms with Crippen LogP contribution in [0, 0.1) is 12.3 Å². The zero-order valence-electron chi connectivity index (χ0n) is 17.5. The second-order valence-electron chi connectivity index (χ2n) is 5.53. The Labute approximate surface area is 163 Å². The Morgan fingerprint density at radius 1 is 1.29 bits per heavy atom. The zero-order valence-corrected chi connectivity index (χ0v) is 14.5. The molecule has 1 aromatic rings. The molecule has 1 fully saturated rings. The second kappa shape index (κ2) is 8.53. The third-order valence-corrected chi connectivity index (χ3v) is 3.64. The third kappa shape index (κ3) is 4.66. The molecule has 0 aliphatic carbocycles. The summed E-state index contributed by atoms with van der Waals surface area (Å²) in [6, 6.07) is 0. The predicted molar refractivity (Wildman–Crippen MR) is 92.5 cm³/mol. The van der Waals surface area contributed by atoms with Gasteiger partial charge in [-0.1, -0.05) is 5.92 Å². The lowest BCUT2D eigenvalue weighted by Gasteiger charge is -2.24. The van der Waals surface area contributed by atoms with Crippen molar-refractivity contribution in [1.29, 1.82) is 0 Å². The van der Waals surface area contributed by atoms with Crippen LogP contribution in [0.1, 0.15) is 36.6 Å². The van der Waals surface area contributed by atoms with Gasteiger partial charge in [0.1, 0.15) is 18.5 Å². The van der Waals surface area contributed by atoms with Gasteiger partial charge >= 0.3 is 23.6 Å². The molecule has 0 radical (unpaired) electrons. The van der Waals surface area contributed by atoms with E-state index in [2.05, 4.69) is 10.9 Å². The first kappa shape index (κ1) is 16.8. The molecule has 28 heavy (non-hydrogen) atoms. The maximum atomic E-state index is 12.4. The molecule has 0 spiro atoms. The molecule has 2 rings (SSSR count). The van der Waals surface area contributed by atoms with E-state index in [1.165, 1.54) is 0 Å². The molecule has 1 unspecified atom stereocenters. The van der Waals surface area contributed by atoms with E-state index in [1.54, 1.807) is 0 Å². The third-order valence-electron chi connectivity index (χ3n) is 3.64. The molecule has 0 amide bonds. The normalized spacial score (nSPS) is 24.9. The van der Waals surface area contributed by atoms with Crippen LogP contribution in [0.15, 0.2) is 11.0 Å². The van der Waals surface area contributed by atoms with Crippen LogP contribution >= 0.6 is 0 Å². The summed E-state index contributed by atoms with van der Waals surface area (Å²) in [6.07, 6.45) is 0.908. The maximum Gasteiger partial charge on any atom is 0.351 e. The van der Waals surface area contributed by atoms with Crippen LogP contribution in [-0.4, -0.2) is 52.4 Å². The van der Waals surface area contributed by atoms with Crippen molar-refractivity contribution >= 4 is 23.7 Å². The summed E-state index contributed by atoms with van der Waals surface area (Å²) in [7, 11) is 0. The van der Waals surface area contributed by atoms with Crippen molar-refractivity contribution in [1.82, 2.24) is 9.55 Å². The molecule has 1 aromatic heterocycles. The fourth-order valence-electron chi connectivity index (χ4n) is 2.59. The maximum absolute atomic E-state index is 12.4. The van der Waals surface area contributed by atoms with Crippen LogP contribution in [-0.2, 0) is 33.3 Å². The summed E-state index contributed by atoms with van der Waals surface area (Å²) >= 11 is 0. The molecule has 1 aliphatic heterocycles. The lowest BCUT2D eigenvalue weighted by atomic mass is 10.1. The van der Waals surface area contributed by atoms with Gasteiger partial charge in [0.15, 0.2) is 18.4 Å². The minimum absolute atomic E-state index is 0.0255. The van der Waals surface area contributed by atoms with E-state index in [-0.39, 0.29) is 11.4 Å². The largest absolute Gasteiger partial charge is 0.463 e. The number of aromatic nitrogens is 2. The number of carbonyl (C=O) groups is 3. The highest BCUT2D eigenvalue weighted by molar-refractivity contribution is 5.68. The SMILES string of the molecule is [2H]CC(=O)OC[C@H]1OC(n2cc(C#C)c(N)nc2=O)[C@H](OC(=O)C[2H])[C@H]1OC(=O)C[2H]. The average molecular weight is 396 g/mol. The fourth-order valence-corrected chi connectivity index (χ4v) is 2.59. The molecule has 2 N–H and O–H groups in total. The smallest absolute Gasteiger partial charge is 0.351 e. The zero-order chi connectivity index (χ0) is 23.1. The van der Waals surface area contributed by atoms with Crippen molar-refractivity contribution < 1.29 is 37.4 Å². The lowest BCUT2D eigenvalue weighted by Crippen LogP contribution is -2.42. The molecule has 11 nitrogen and oxygen atoms in total. The second-order valence-corrected chi connectivity index (χ2v) is 5.53. The van der Waals surface area contributed by atoms with Crippen molar-refractivity contribution in [2.45, 2.75) is 45.2 Å². The van der Waals surface area contributed by atoms with Crippen molar-refractivity contribution in [3.05, 3.63) is 22.2 Å². The summed E-state index contributed by atoms with van der Waals surface area (Å²) in [4.78, 5) is 50.9. The van der Waals surface area contributed by atoms with Gasteiger partial charge in [0.2, 0.25) is 0 Å². The molecule has 0 saturated carbocycles. The van der Waals surface area contributed by atoms with Gasteiger partial charge in [0.25, 0.3) is 0 Å². The Hall–Kier alpha value is -3.39. The molecular formula is C17H19N3O8. The first-order valence-electron chi connectivity index (χ1n) is 9.80. The minimum Gasteiger partial charge on any atom is -0.463 e. The number of hydrogen-bond donors (Lipinski definition) is 1. The van der Waals surface area contributed by atoms with Gasteiger partial charge in [-0.2, -0.15) is 4.98 Å². The van der Waals surface area contributed by atoms with E-state index in [0.29, 0.717) is 0 Å². The molecule has 0 aromatic carbocycles. The minimum atomic E-state index is -1.47. The Morgan fingerprint density at radius 3 is 2.54 bits per heavy atom. The number of nitrogens with two attached hydrogens (primary N) is 1. The van der Waals surface area contributed by atoms with Crippen LogP contribution in [0.3, 0.4) is 0 Å². The number of nitrogens with zero attached hydrogens (tertiary/aromatic N) is 2. The molecule has 0 bridgehead atoms. The first-order valence-corrected chi connectivity index (χ1v) is 7.68. The molecular weight excluding hydrogens is 374 g/mol. The van der Waals surface area contributed by atoms with Crippen LogP contribution in [0.5, 0.6) is 0 Å². The number of rotatable bonds is 5. The van der Waals surface area contributed by atoms with Gasteiger partial charge in [-0.3, -0.25) is 19.0 Å². The fraction of sp³-hybridized carbons (Fsp3) is 0.471. The Morgan fingerprint density at radius 2 is 1.93 bits per heavy atom. The molecule has 1 saturated heterocycles. The summed E-state index contributed by atoms with van der Waals surface area (Å²) < 4.78 is 43.0. The molecule has 2 heterocycles. The van der Waals surface area contributed by atoms with Gasteiger partial charge in [0, 0.05) is 31.0 Å². The van der Waals surface area contributed by atoms with E-state index in [0.717, 1.165) is 10.8 Å². The van der Waals surface area contributed by atoms with Gasteiger partial charge < -0.3 is 24.7 Å². The van der Waals surface area contributed by atoms with Crippen molar-refractivity contribution in [3.8, 4) is 12.3 Å². The van der Waals surface area contributed by atoms with Gasteiger partial charge in [0.05, 0.1) is 5.56 Å². The van der Waals surface area contributed by atoms with Crippen LogP contribution in [0.4, 0.5) is 5.82 Å². The Kier molecular flexibility index (Phi) is 5.11. The number of carbonyl (C=O) groups excluding carboxylic acids is 3. The van der Waals surface area contributed by atoms with Gasteiger partial charge in [-0.15, -0.1) is 6.42 Å². The van der Waals surface area contributed by atoms with E-state index in [4.69, 9.17) is 35.2 Å². The molecule has 4 atom stereocenters. The number of anilines is 1. The number of terminal acetylenes is 1. The summed E-state index contributed by atoms with van der Waals surface area (Å²) in [5.41, 5.74) is 4.69. The monoisotopic (exact) mass is 396 g/mol. The number of nitrogen functional groups attached to an aromatic ring is 1. The predicted octanol–water partition coefficient (Wildman–Crippen LogP) is -0.869. The standard InChI is InChI=1S/C17H19N3O8/c1-5-11-6-20(17(24)19-15(11)18)16-14(27-10(4)23)13(26-9(3)22)12(28-16)7-25-8(2)21/h1,6,12-14,16H,7H2,2-4H3,(H2,18,19,24)/t12-,13+,14-,16?/m1/s1/i2D,3D,4D. The summed E-state index contributed by atoms with van der Waals surface area (Å²) in [5.74, 6) is -0.938. The quantitative estimate of drug-likeness (QED) is 0.378. The van der Waals surface area contributed by atoms with E-state index in [9.17, 15) is 19.2 Å². The van der Waals surface area contributed by atoms with Gasteiger partial charge in [-0.05, 0) is 0 Å². The topological polar surface area (TPSA) is 149 Å². The average Bonchev–Trinajstić information content (AvgIpc) is 3.08. The van der Waals surface area contributed by atoms with E-state index < -0.39 is 75.4 Å². The summed E-state index contributed by atoms with van der Waals surface area (Å²) in [6.45, 7) is -2.76. The van der Waals surface area contributed by atoms with E-state index >= 15 is 0 Å². The van der Waals surface area contributed by atoms with Crippen molar-refractivity contribution in [2.75, 3.05) is 12.3 Å². The van der Waals surface area contributed by atoms with Crippen LogP contribution < -0.4 is 11.4 Å². The molecule has 11 heteroatoms. The van der Waals surface area contributed by atoms with E-state index in [1.807, 2.05) is 0 Å². The van der Waals surface area contributed by atoms with Crippen LogP contribution in [0.2, 0.25) is 0 Å².